The summed E-state index contributed by atoms with van der Waals surface area (Å²) in [4.78, 5) is 31.1. The summed E-state index contributed by atoms with van der Waals surface area (Å²) in [7, 11) is 0. The third-order valence-electron chi connectivity index (χ3n) is 5.07. The highest BCUT2D eigenvalue weighted by atomic mass is 32.1. The first kappa shape index (κ1) is 20.9. The average Bonchev–Trinajstić information content (AvgIpc) is 3.16. The molecule has 0 aromatic carbocycles. The third-order valence-corrected chi connectivity index (χ3v) is 5.76. The average molecular weight is 380 g/mol. The van der Waals surface area contributed by atoms with Crippen molar-refractivity contribution in [1.29, 1.82) is 0 Å². The van der Waals surface area contributed by atoms with Crippen LogP contribution < -0.4 is 5.32 Å². The zero-order chi connectivity index (χ0) is 18.6. The molecule has 0 atom stereocenters. The SMILES string of the molecule is CCCCCCCCC(=O)N(CC(=O)Nc1nccs1)C1CCCCC1. The number of anilines is 1. The minimum atomic E-state index is -0.137. The largest absolute Gasteiger partial charge is 0.330 e. The number of unbranched alkanes of at least 4 members (excludes halogenated alkanes) is 5. The quantitative estimate of drug-likeness (QED) is 0.551. The van der Waals surface area contributed by atoms with Crippen molar-refractivity contribution in [1.82, 2.24) is 9.88 Å². The van der Waals surface area contributed by atoms with E-state index in [2.05, 4.69) is 17.2 Å². The van der Waals surface area contributed by atoms with Crippen molar-refractivity contribution in [3.8, 4) is 0 Å². The lowest BCUT2D eigenvalue weighted by molar-refractivity contribution is -0.137. The van der Waals surface area contributed by atoms with E-state index < -0.39 is 0 Å². The van der Waals surface area contributed by atoms with Crippen LogP contribution >= 0.6 is 11.3 Å². The number of nitrogens with one attached hydrogen (secondary N) is 1. The molecule has 0 aliphatic heterocycles. The minimum absolute atomic E-state index is 0.137. The van der Waals surface area contributed by atoms with Gasteiger partial charge >= 0.3 is 0 Å². The molecule has 2 amide bonds. The van der Waals surface area contributed by atoms with Gasteiger partial charge < -0.3 is 10.2 Å². The van der Waals surface area contributed by atoms with E-state index in [1.807, 2.05) is 10.3 Å². The van der Waals surface area contributed by atoms with Crippen LogP contribution in [0.4, 0.5) is 5.13 Å². The van der Waals surface area contributed by atoms with Crippen LogP contribution in [0.1, 0.15) is 84.0 Å². The molecule has 0 unspecified atom stereocenters. The highest BCUT2D eigenvalue weighted by molar-refractivity contribution is 7.13. The van der Waals surface area contributed by atoms with E-state index in [9.17, 15) is 9.59 Å². The molecule has 6 heteroatoms. The molecule has 1 aromatic rings. The predicted octanol–water partition coefficient (Wildman–Crippen LogP) is 4.99. The predicted molar refractivity (Wildman–Crippen MR) is 107 cm³/mol. The smallest absolute Gasteiger partial charge is 0.245 e. The van der Waals surface area contributed by atoms with E-state index in [0.717, 1.165) is 38.5 Å². The molecule has 2 rings (SSSR count). The Balaban J connectivity index is 1.83. The number of hydrogen-bond donors (Lipinski definition) is 1. The van der Waals surface area contributed by atoms with Gasteiger partial charge in [-0.05, 0) is 19.3 Å². The summed E-state index contributed by atoms with van der Waals surface area (Å²) in [6, 6.07) is 0.221. The molecule has 5 nitrogen and oxygen atoms in total. The number of carbonyl (C=O) groups is 2. The summed E-state index contributed by atoms with van der Waals surface area (Å²) >= 11 is 1.40. The first-order chi connectivity index (χ1) is 12.7. The first-order valence-corrected chi connectivity index (χ1v) is 11.1. The van der Waals surface area contributed by atoms with Gasteiger partial charge in [-0.25, -0.2) is 4.98 Å². The fraction of sp³-hybridized carbons (Fsp3) is 0.750. The number of carbonyl (C=O) groups excluding carboxylic acids is 2. The highest BCUT2D eigenvalue weighted by Crippen LogP contribution is 2.24. The molecule has 0 bridgehead atoms. The normalized spacial score (nSPS) is 15.0. The van der Waals surface area contributed by atoms with Gasteiger partial charge in [-0.2, -0.15) is 0 Å². The maximum atomic E-state index is 12.8. The van der Waals surface area contributed by atoms with Crippen LogP contribution in [0.25, 0.3) is 0 Å². The van der Waals surface area contributed by atoms with Crippen molar-refractivity contribution in [2.45, 2.75) is 90.0 Å². The molecule has 1 heterocycles. The molecule has 146 valence electrons. The topological polar surface area (TPSA) is 62.3 Å². The zero-order valence-electron chi connectivity index (χ0n) is 16.0. The second-order valence-electron chi connectivity index (χ2n) is 7.22. The number of amides is 2. The Hall–Kier alpha value is -1.43. The molecular weight excluding hydrogens is 346 g/mol. The number of rotatable bonds is 11. The molecular formula is C20H33N3O2S. The highest BCUT2D eigenvalue weighted by Gasteiger charge is 2.27. The lowest BCUT2D eigenvalue weighted by Crippen LogP contribution is -2.45. The van der Waals surface area contributed by atoms with E-state index in [0.29, 0.717) is 11.6 Å². The Morgan fingerprint density at radius 2 is 1.88 bits per heavy atom. The van der Waals surface area contributed by atoms with E-state index in [1.165, 1.54) is 43.4 Å². The Morgan fingerprint density at radius 3 is 2.58 bits per heavy atom. The Labute approximate surface area is 161 Å². The second kappa shape index (κ2) is 12.0. The van der Waals surface area contributed by atoms with Crippen LogP contribution in [-0.4, -0.2) is 34.3 Å². The van der Waals surface area contributed by atoms with Gasteiger partial charge in [0.15, 0.2) is 5.13 Å². The first-order valence-electron chi connectivity index (χ1n) is 10.2. The monoisotopic (exact) mass is 379 g/mol. The summed E-state index contributed by atoms with van der Waals surface area (Å²) in [6.45, 7) is 2.36. The van der Waals surface area contributed by atoms with Gasteiger partial charge in [0.1, 0.15) is 6.54 Å². The van der Waals surface area contributed by atoms with Gasteiger partial charge in [-0.15, -0.1) is 11.3 Å². The van der Waals surface area contributed by atoms with Crippen LogP contribution in [-0.2, 0) is 9.59 Å². The van der Waals surface area contributed by atoms with Crippen LogP contribution in [0.2, 0.25) is 0 Å². The van der Waals surface area contributed by atoms with Crippen molar-refractivity contribution in [3.63, 3.8) is 0 Å². The van der Waals surface area contributed by atoms with Crippen molar-refractivity contribution < 1.29 is 9.59 Å². The zero-order valence-corrected chi connectivity index (χ0v) is 16.9. The third kappa shape index (κ3) is 7.44. The van der Waals surface area contributed by atoms with Gasteiger partial charge in [0, 0.05) is 24.0 Å². The fourth-order valence-electron chi connectivity index (χ4n) is 3.61. The summed E-state index contributed by atoms with van der Waals surface area (Å²) in [6.07, 6.45) is 14.8. The van der Waals surface area contributed by atoms with Crippen molar-refractivity contribution in [2.75, 3.05) is 11.9 Å². The van der Waals surface area contributed by atoms with Crippen molar-refractivity contribution in [2.24, 2.45) is 0 Å². The van der Waals surface area contributed by atoms with Crippen LogP contribution in [0.3, 0.4) is 0 Å². The van der Waals surface area contributed by atoms with E-state index in [4.69, 9.17) is 0 Å². The van der Waals surface area contributed by atoms with Crippen LogP contribution in [0.5, 0.6) is 0 Å². The minimum Gasteiger partial charge on any atom is -0.330 e. The van der Waals surface area contributed by atoms with Crippen LogP contribution in [0, 0.1) is 0 Å². The number of hydrogen-bond acceptors (Lipinski definition) is 4. The van der Waals surface area contributed by atoms with E-state index in [-0.39, 0.29) is 24.4 Å². The number of thiazole rings is 1. The molecule has 1 saturated carbocycles. The number of aromatic nitrogens is 1. The molecule has 0 saturated heterocycles. The second-order valence-corrected chi connectivity index (χ2v) is 8.11. The molecule has 0 radical (unpaired) electrons. The fourth-order valence-corrected chi connectivity index (χ4v) is 4.16. The summed E-state index contributed by atoms with van der Waals surface area (Å²) in [5.74, 6) is 0.00324. The van der Waals surface area contributed by atoms with Gasteiger partial charge in [-0.3, -0.25) is 9.59 Å². The summed E-state index contributed by atoms with van der Waals surface area (Å²) in [5.41, 5.74) is 0. The van der Waals surface area contributed by atoms with Crippen molar-refractivity contribution >= 4 is 28.3 Å². The molecule has 1 aromatic heterocycles. The van der Waals surface area contributed by atoms with E-state index >= 15 is 0 Å². The Morgan fingerprint density at radius 1 is 1.15 bits per heavy atom. The summed E-state index contributed by atoms with van der Waals surface area (Å²) < 4.78 is 0. The lowest BCUT2D eigenvalue weighted by Gasteiger charge is -2.34. The van der Waals surface area contributed by atoms with Gasteiger partial charge in [0.2, 0.25) is 11.8 Å². The Kier molecular flexibility index (Phi) is 9.67. The Bertz CT molecular complexity index is 527. The molecule has 1 fully saturated rings. The molecule has 0 spiro atoms. The van der Waals surface area contributed by atoms with E-state index in [1.54, 1.807) is 6.20 Å². The number of nitrogens with zero attached hydrogens (tertiary/aromatic N) is 2. The maximum absolute atomic E-state index is 12.8. The molecule has 1 aliphatic carbocycles. The maximum Gasteiger partial charge on any atom is 0.245 e. The lowest BCUT2D eigenvalue weighted by atomic mass is 9.93. The van der Waals surface area contributed by atoms with Gasteiger partial charge in [-0.1, -0.05) is 58.3 Å². The van der Waals surface area contributed by atoms with Gasteiger partial charge in [0.05, 0.1) is 0 Å². The summed E-state index contributed by atoms with van der Waals surface area (Å²) in [5, 5.41) is 5.24. The van der Waals surface area contributed by atoms with Crippen molar-refractivity contribution in [3.05, 3.63) is 11.6 Å². The molecule has 1 N–H and O–H groups in total. The van der Waals surface area contributed by atoms with Gasteiger partial charge in [0.25, 0.3) is 0 Å². The molecule has 26 heavy (non-hydrogen) atoms. The standard InChI is InChI=1S/C20H33N3O2S/c1-2-3-4-5-6-10-13-19(25)23(17-11-8-7-9-12-17)16-18(24)22-20-21-14-15-26-20/h14-15,17H,2-13,16H2,1H3,(H,21,22,24). The molecule has 1 aliphatic rings. The van der Waals surface area contributed by atoms with Crippen LogP contribution in [0.15, 0.2) is 11.6 Å².